The first-order valence-electron chi connectivity index (χ1n) is 7.44. The Labute approximate surface area is 131 Å². The minimum atomic E-state index is -0.0560. The lowest BCUT2D eigenvalue weighted by atomic mass is 9.86. The molecule has 1 fully saturated rings. The van der Waals surface area contributed by atoms with Crippen LogP contribution < -0.4 is 0 Å². The second-order valence-electron chi connectivity index (χ2n) is 6.08. The number of carbonyl (C=O) groups is 1. The van der Waals surface area contributed by atoms with Gasteiger partial charge in [-0.2, -0.15) is 0 Å². The van der Waals surface area contributed by atoms with E-state index in [0.717, 1.165) is 25.3 Å². The van der Waals surface area contributed by atoms with Gasteiger partial charge < -0.3 is 14.2 Å². The SMILES string of the molecule is CC(C)C1OCCCC1C(=O)N(C)Cc1ncc(Cl)n1C. The van der Waals surface area contributed by atoms with Crippen LogP contribution in [-0.4, -0.2) is 40.1 Å². The molecular formula is C15H24ClN3O2. The molecule has 0 N–H and O–H groups in total. The second kappa shape index (κ2) is 6.79. The van der Waals surface area contributed by atoms with E-state index >= 15 is 0 Å². The third kappa shape index (κ3) is 3.58. The number of amides is 1. The van der Waals surface area contributed by atoms with Crippen LogP contribution in [0.3, 0.4) is 0 Å². The number of carbonyl (C=O) groups excluding carboxylic acids is 1. The van der Waals surface area contributed by atoms with Gasteiger partial charge in [-0.05, 0) is 18.8 Å². The summed E-state index contributed by atoms with van der Waals surface area (Å²) in [6, 6.07) is 0. The first-order valence-corrected chi connectivity index (χ1v) is 7.82. The Morgan fingerprint density at radius 2 is 2.33 bits per heavy atom. The van der Waals surface area contributed by atoms with Gasteiger partial charge in [0.2, 0.25) is 5.91 Å². The van der Waals surface area contributed by atoms with Crippen molar-refractivity contribution in [3.8, 4) is 0 Å². The molecule has 0 aromatic carbocycles. The maximum Gasteiger partial charge on any atom is 0.228 e. The second-order valence-corrected chi connectivity index (χ2v) is 6.47. The van der Waals surface area contributed by atoms with Gasteiger partial charge in [0.05, 0.1) is 24.8 Å². The van der Waals surface area contributed by atoms with Crippen molar-refractivity contribution in [3.05, 3.63) is 17.2 Å². The summed E-state index contributed by atoms with van der Waals surface area (Å²) in [4.78, 5) is 18.7. The van der Waals surface area contributed by atoms with Crippen LogP contribution in [0.2, 0.25) is 5.15 Å². The Kier molecular flexibility index (Phi) is 5.27. The van der Waals surface area contributed by atoms with E-state index in [1.807, 2.05) is 14.1 Å². The van der Waals surface area contributed by atoms with Crippen molar-refractivity contribution < 1.29 is 9.53 Å². The van der Waals surface area contributed by atoms with Gasteiger partial charge in [0.25, 0.3) is 0 Å². The topological polar surface area (TPSA) is 47.4 Å². The first-order chi connectivity index (χ1) is 9.91. The Hall–Kier alpha value is -1.07. The number of ether oxygens (including phenoxy) is 1. The minimum absolute atomic E-state index is 0.0126. The lowest BCUT2D eigenvalue weighted by Crippen LogP contribution is -2.44. The summed E-state index contributed by atoms with van der Waals surface area (Å²) in [6.07, 6.45) is 3.46. The van der Waals surface area contributed by atoms with Gasteiger partial charge in [-0.15, -0.1) is 0 Å². The Balaban J connectivity index is 2.05. The van der Waals surface area contributed by atoms with Gasteiger partial charge >= 0.3 is 0 Å². The van der Waals surface area contributed by atoms with Crippen LogP contribution in [0.4, 0.5) is 0 Å². The average Bonchev–Trinajstić information content (AvgIpc) is 2.78. The van der Waals surface area contributed by atoms with Crippen LogP contribution in [0.15, 0.2) is 6.20 Å². The smallest absolute Gasteiger partial charge is 0.228 e. The monoisotopic (exact) mass is 313 g/mol. The molecule has 21 heavy (non-hydrogen) atoms. The summed E-state index contributed by atoms with van der Waals surface area (Å²) in [5, 5.41) is 0.576. The lowest BCUT2D eigenvalue weighted by molar-refractivity contribution is -0.147. The van der Waals surface area contributed by atoms with E-state index < -0.39 is 0 Å². The van der Waals surface area contributed by atoms with Crippen LogP contribution in [0.25, 0.3) is 0 Å². The van der Waals surface area contributed by atoms with Gasteiger partial charge in [0.1, 0.15) is 11.0 Å². The summed E-state index contributed by atoms with van der Waals surface area (Å²) >= 11 is 5.98. The molecule has 118 valence electrons. The molecule has 0 radical (unpaired) electrons. The van der Waals surface area contributed by atoms with Crippen LogP contribution in [0.5, 0.6) is 0 Å². The normalized spacial score (nSPS) is 22.6. The molecule has 1 aliphatic heterocycles. The van der Waals surface area contributed by atoms with E-state index in [2.05, 4.69) is 18.8 Å². The van der Waals surface area contributed by atoms with E-state index in [-0.39, 0.29) is 17.9 Å². The molecule has 5 nitrogen and oxygen atoms in total. The number of halogens is 1. The fourth-order valence-corrected chi connectivity index (χ4v) is 3.01. The predicted molar refractivity (Wildman–Crippen MR) is 82.0 cm³/mol. The Morgan fingerprint density at radius 3 is 2.90 bits per heavy atom. The summed E-state index contributed by atoms with van der Waals surface area (Å²) in [7, 11) is 3.67. The van der Waals surface area contributed by atoms with Crippen LogP contribution >= 0.6 is 11.6 Å². The molecule has 2 rings (SSSR count). The molecule has 1 aromatic heterocycles. The van der Waals surface area contributed by atoms with Crippen LogP contribution in [0.1, 0.15) is 32.5 Å². The van der Waals surface area contributed by atoms with Gasteiger partial charge in [0, 0.05) is 20.7 Å². The molecule has 0 aliphatic carbocycles. The van der Waals surface area contributed by atoms with Crippen molar-refractivity contribution >= 4 is 17.5 Å². The Bertz CT molecular complexity index is 501. The van der Waals surface area contributed by atoms with E-state index in [9.17, 15) is 4.79 Å². The zero-order valence-corrected chi connectivity index (χ0v) is 13.9. The highest BCUT2D eigenvalue weighted by atomic mass is 35.5. The summed E-state index contributed by atoms with van der Waals surface area (Å²) in [6.45, 7) is 5.43. The standard InChI is InChI=1S/C15H24ClN3O2/c1-10(2)14-11(6-5-7-21-14)15(20)18(3)9-13-17-8-12(16)19(13)4/h8,10-11,14H,5-7,9H2,1-4H3. The fourth-order valence-electron chi connectivity index (χ4n) is 2.87. The van der Waals surface area contributed by atoms with Crippen molar-refractivity contribution in [2.24, 2.45) is 18.9 Å². The molecule has 1 aromatic rings. The van der Waals surface area contributed by atoms with Gasteiger partial charge in [-0.3, -0.25) is 4.79 Å². The zero-order chi connectivity index (χ0) is 15.6. The molecule has 1 aliphatic rings. The number of hydrogen-bond acceptors (Lipinski definition) is 3. The maximum atomic E-state index is 12.7. The number of rotatable bonds is 4. The fraction of sp³-hybridized carbons (Fsp3) is 0.733. The maximum absolute atomic E-state index is 12.7. The highest BCUT2D eigenvalue weighted by Gasteiger charge is 2.35. The van der Waals surface area contributed by atoms with E-state index in [4.69, 9.17) is 16.3 Å². The van der Waals surface area contributed by atoms with E-state index in [1.54, 1.807) is 15.7 Å². The molecule has 2 unspecified atom stereocenters. The molecular weight excluding hydrogens is 290 g/mol. The average molecular weight is 314 g/mol. The van der Waals surface area contributed by atoms with Gasteiger partial charge in [0.15, 0.2) is 0 Å². The molecule has 2 heterocycles. The third-order valence-corrected chi connectivity index (χ3v) is 4.47. The lowest BCUT2D eigenvalue weighted by Gasteiger charge is -2.35. The molecule has 6 heteroatoms. The van der Waals surface area contributed by atoms with E-state index in [1.165, 1.54) is 0 Å². The number of imidazole rings is 1. The minimum Gasteiger partial charge on any atom is -0.377 e. The van der Waals surface area contributed by atoms with Crippen molar-refractivity contribution in [3.63, 3.8) is 0 Å². The predicted octanol–water partition coefficient (Wildman–Crippen LogP) is 2.48. The molecule has 0 saturated carbocycles. The van der Waals surface area contributed by atoms with Gasteiger partial charge in [-0.25, -0.2) is 4.98 Å². The largest absolute Gasteiger partial charge is 0.377 e. The molecule has 1 saturated heterocycles. The third-order valence-electron chi connectivity index (χ3n) is 4.12. The Morgan fingerprint density at radius 1 is 1.62 bits per heavy atom. The number of hydrogen-bond donors (Lipinski definition) is 0. The molecule has 0 spiro atoms. The van der Waals surface area contributed by atoms with Crippen molar-refractivity contribution in [1.82, 2.24) is 14.5 Å². The number of nitrogens with zero attached hydrogens (tertiary/aromatic N) is 3. The highest BCUT2D eigenvalue weighted by Crippen LogP contribution is 2.28. The summed E-state index contributed by atoms with van der Waals surface area (Å²) in [5.41, 5.74) is 0. The van der Waals surface area contributed by atoms with Crippen LogP contribution in [0, 0.1) is 11.8 Å². The molecule has 1 amide bonds. The van der Waals surface area contributed by atoms with Gasteiger partial charge in [-0.1, -0.05) is 25.4 Å². The van der Waals surface area contributed by atoms with Crippen LogP contribution in [-0.2, 0) is 23.1 Å². The summed E-state index contributed by atoms with van der Waals surface area (Å²) in [5.74, 6) is 1.20. The quantitative estimate of drug-likeness (QED) is 0.858. The highest BCUT2D eigenvalue weighted by molar-refractivity contribution is 6.29. The first kappa shape index (κ1) is 16.3. The van der Waals surface area contributed by atoms with Crippen molar-refractivity contribution in [2.75, 3.05) is 13.7 Å². The van der Waals surface area contributed by atoms with Crippen molar-refractivity contribution in [2.45, 2.75) is 39.3 Å². The van der Waals surface area contributed by atoms with E-state index in [0.29, 0.717) is 17.6 Å². The molecule has 2 atom stereocenters. The zero-order valence-electron chi connectivity index (χ0n) is 13.2. The van der Waals surface area contributed by atoms with Crippen molar-refractivity contribution in [1.29, 1.82) is 0 Å². The molecule has 0 bridgehead atoms. The number of aromatic nitrogens is 2. The summed E-state index contributed by atoms with van der Waals surface area (Å²) < 4.78 is 7.61.